The second kappa shape index (κ2) is 8.25. The molecule has 3 heterocycles. The molecular weight excluding hydrogens is 405 g/mol. The summed E-state index contributed by atoms with van der Waals surface area (Å²) in [6, 6.07) is 9.72. The summed E-state index contributed by atoms with van der Waals surface area (Å²) in [5, 5.41) is 15.4. The van der Waals surface area contributed by atoms with Gasteiger partial charge in [0.15, 0.2) is 0 Å². The normalized spacial score (nSPS) is 31.7. The molecule has 1 amide bonds. The highest BCUT2D eigenvalue weighted by molar-refractivity contribution is 6.30. The number of nitrogens with zero attached hydrogens (tertiary/aromatic N) is 2. The van der Waals surface area contributed by atoms with Gasteiger partial charge in [0.2, 0.25) is 5.91 Å². The number of nitrogens with one attached hydrogen (secondary N) is 1. The molecule has 30 heavy (non-hydrogen) atoms. The Morgan fingerprint density at radius 3 is 2.43 bits per heavy atom. The lowest BCUT2D eigenvalue weighted by molar-refractivity contribution is -0.152. The number of carbonyl (C=O) groups is 1. The molecular formula is C23H27ClFN3O2. The Bertz CT molecular complexity index is 894. The maximum atomic E-state index is 13.4. The summed E-state index contributed by atoms with van der Waals surface area (Å²) >= 11 is 5.96. The number of amides is 1. The summed E-state index contributed by atoms with van der Waals surface area (Å²) in [6.45, 7) is 6.11. The molecule has 2 aromatic rings. The van der Waals surface area contributed by atoms with Crippen LogP contribution in [0.15, 0.2) is 42.6 Å². The number of hydrogen-bond acceptors (Lipinski definition) is 4. The van der Waals surface area contributed by atoms with Crippen molar-refractivity contribution < 1.29 is 14.3 Å². The lowest BCUT2D eigenvalue weighted by Gasteiger charge is -2.48. The second-order valence-corrected chi connectivity index (χ2v) is 9.09. The van der Waals surface area contributed by atoms with E-state index >= 15 is 0 Å². The molecule has 7 heteroatoms. The van der Waals surface area contributed by atoms with Crippen LogP contribution in [0.5, 0.6) is 0 Å². The van der Waals surface area contributed by atoms with Crippen molar-refractivity contribution in [3.63, 3.8) is 0 Å². The summed E-state index contributed by atoms with van der Waals surface area (Å²) < 4.78 is 13.4. The third-order valence-electron chi connectivity index (χ3n) is 6.77. The molecule has 1 aromatic carbocycles. The van der Waals surface area contributed by atoms with Gasteiger partial charge in [-0.25, -0.2) is 4.39 Å². The van der Waals surface area contributed by atoms with E-state index in [1.54, 1.807) is 24.4 Å². The Hall–Kier alpha value is -2.02. The average molecular weight is 432 g/mol. The number of rotatable bonds is 3. The van der Waals surface area contributed by atoms with Gasteiger partial charge in [0, 0.05) is 55.8 Å². The number of aromatic nitrogens is 1. The quantitative estimate of drug-likeness (QED) is 0.783. The van der Waals surface area contributed by atoms with Crippen molar-refractivity contribution in [2.24, 2.45) is 17.8 Å². The van der Waals surface area contributed by atoms with Gasteiger partial charge in [-0.2, -0.15) is 0 Å². The highest BCUT2D eigenvalue weighted by Gasteiger charge is 2.48. The van der Waals surface area contributed by atoms with Gasteiger partial charge in [-0.05, 0) is 29.8 Å². The maximum Gasteiger partial charge on any atom is 0.227 e. The van der Waals surface area contributed by atoms with Crippen molar-refractivity contribution in [1.82, 2.24) is 15.2 Å². The van der Waals surface area contributed by atoms with Crippen LogP contribution in [0.25, 0.3) is 0 Å². The fraction of sp³-hybridized carbons (Fsp3) is 0.478. The minimum atomic E-state index is -1.10. The van der Waals surface area contributed by atoms with Crippen LogP contribution in [0.3, 0.4) is 0 Å². The zero-order valence-corrected chi connectivity index (χ0v) is 17.9. The van der Waals surface area contributed by atoms with E-state index in [1.165, 1.54) is 12.1 Å². The zero-order chi connectivity index (χ0) is 21.5. The summed E-state index contributed by atoms with van der Waals surface area (Å²) in [4.78, 5) is 19.7. The van der Waals surface area contributed by atoms with Crippen molar-refractivity contribution in [2.45, 2.75) is 25.4 Å². The summed E-state index contributed by atoms with van der Waals surface area (Å²) in [5.74, 6) is -0.810. The van der Waals surface area contributed by atoms with E-state index in [1.807, 2.05) is 24.8 Å². The topological polar surface area (TPSA) is 65.5 Å². The third kappa shape index (κ3) is 3.72. The van der Waals surface area contributed by atoms with Gasteiger partial charge in [0.1, 0.15) is 5.82 Å². The molecule has 5 nitrogen and oxygen atoms in total. The molecule has 0 spiro atoms. The van der Waals surface area contributed by atoms with Crippen LogP contribution in [-0.2, 0) is 10.4 Å². The van der Waals surface area contributed by atoms with Gasteiger partial charge < -0.3 is 15.3 Å². The number of halogens is 2. The Labute approximate surface area is 181 Å². The molecule has 2 fully saturated rings. The van der Waals surface area contributed by atoms with E-state index in [-0.39, 0.29) is 35.4 Å². The van der Waals surface area contributed by atoms with E-state index in [4.69, 9.17) is 11.6 Å². The van der Waals surface area contributed by atoms with Crippen LogP contribution in [0.2, 0.25) is 5.02 Å². The molecule has 0 aliphatic carbocycles. The maximum absolute atomic E-state index is 13.4. The molecule has 0 bridgehead atoms. The largest absolute Gasteiger partial charge is 0.384 e. The van der Waals surface area contributed by atoms with E-state index in [0.717, 1.165) is 5.69 Å². The number of hydrogen-bond donors (Lipinski definition) is 2. The van der Waals surface area contributed by atoms with E-state index in [0.29, 0.717) is 36.8 Å². The van der Waals surface area contributed by atoms with Crippen LogP contribution in [0.4, 0.5) is 4.39 Å². The monoisotopic (exact) mass is 431 g/mol. The van der Waals surface area contributed by atoms with Crippen molar-refractivity contribution in [2.75, 3.05) is 26.2 Å². The first kappa shape index (κ1) is 21.2. The van der Waals surface area contributed by atoms with Crippen molar-refractivity contribution in [3.05, 3.63) is 64.7 Å². The third-order valence-corrected chi connectivity index (χ3v) is 6.99. The molecule has 1 aromatic heterocycles. The van der Waals surface area contributed by atoms with Crippen LogP contribution in [0, 0.1) is 23.6 Å². The van der Waals surface area contributed by atoms with Crippen molar-refractivity contribution in [3.8, 4) is 0 Å². The van der Waals surface area contributed by atoms with E-state index in [9.17, 15) is 14.3 Å². The van der Waals surface area contributed by atoms with Gasteiger partial charge in [0.25, 0.3) is 0 Å². The van der Waals surface area contributed by atoms with E-state index < -0.39 is 5.60 Å². The number of likely N-dealkylation sites (tertiary alicyclic amines) is 1. The van der Waals surface area contributed by atoms with Crippen LogP contribution in [0.1, 0.15) is 31.0 Å². The van der Waals surface area contributed by atoms with Gasteiger partial charge in [0.05, 0.1) is 16.5 Å². The van der Waals surface area contributed by atoms with Gasteiger partial charge in [-0.3, -0.25) is 9.78 Å². The lowest BCUT2D eigenvalue weighted by atomic mass is 9.70. The first-order valence-corrected chi connectivity index (χ1v) is 10.8. The predicted octanol–water partition coefficient (Wildman–Crippen LogP) is 3.18. The molecule has 2 saturated heterocycles. The molecule has 2 N–H and O–H groups in total. The van der Waals surface area contributed by atoms with E-state index in [2.05, 4.69) is 10.3 Å². The summed E-state index contributed by atoms with van der Waals surface area (Å²) in [7, 11) is 0. The Morgan fingerprint density at radius 2 is 1.83 bits per heavy atom. The zero-order valence-electron chi connectivity index (χ0n) is 17.2. The smallest absolute Gasteiger partial charge is 0.227 e. The summed E-state index contributed by atoms with van der Waals surface area (Å²) in [6.07, 6.45) is 1.62. The van der Waals surface area contributed by atoms with Gasteiger partial charge >= 0.3 is 0 Å². The number of benzene rings is 1. The van der Waals surface area contributed by atoms with Crippen LogP contribution >= 0.6 is 11.6 Å². The SMILES string of the molecule is C[C@@H]1CN(C(=O)[C@@H]2CNC[C@H]2c2ccc(Cl)cn2)C[C@H](C)[C@]1(O)c1ccc(F)cc1. The van der Waals surface area contributed by atoms with Crippen molar-refractivity contribution >= 4 is 17.5 Å². The standard InChI is InChI=1S/C23H27ClFN3O2/c1-14-12-28(13-15(2)23(14,30)16-3-6-18(25)7-4-16)22(29)20-11-26-10-19(20)21-8-5-17(24)9-27-21/h3-9,14-15,19-20,26,30H,10-13H2,1-2H3/t14-,15+,19-,20-,23+/m1/s1. The first-order chi connectivity index (χ1) is 14.3. The average Bonchev–Trinajstić information content (AvgIpc) is 3.22. The number of carbonyl (C=O) groups excluding carboxylic acids is 1. The van der Waals surface area contributed by atoms with Crippen LogP contribution < -0.4 is 5.32 Å². The molecule has 160 valence electrons. The number of aliphatic hydroxyl groups is 1. The fourth-order valence-electron chi connectivity index (χ4n) is 5.06. The van der Waals surface area contributed by atoms with Gasteiger partial charge in [-0.15, -0.1) is 0 Å². The molecule has 2 aliphatic rings. The lowest BCUT2D eigenvalue weighted by Crippen LogP contribution is -2.57. The highest BCUT2D eigenvalue weighted by atomic mass is 35.5. The van der Waals surface area contributed by atoms with Crippen LogP contribution in [-0.4, -0.2) is 47.1 Å². The second-order valence-electron chi connectivity index (χ2n) is 8.65. The molecule has 0 radical (unpaired) electrons. The predicted molar refractivity (Wildman–Crippen MR) is 114 cm³/mol. The number of piperidine rings is 1. The molecule has 0 unspecified atom stereocenters. The number of pyridine rings is 1. The Morgan fingerprint density at radius 1 is 1.17 bits per heavy atom. The van der Waals surface area contributed by atoms with Gasteiger partial charge in [-0.1, -0.05) is 37.6 Å². The molecule has 2 aliphatic heterocycles. The Balaban J connectivity index is 1.52. The minimum absolute atomic E-state index is 0.00159. The molecule has 0 saturated carbocycles. The molecule has 4 rings (SSSR count). The highest BCUT2D eigenvalue weighted by Crippen LogP contribution is 2.42. The van der Waals surface area contributed by atoms with Crippen molar-refractivity contribution in [1.29, 1.82) is 0 Å². The minimum Gasteiger partial charge on any atom is -0.384 e. The fourth-order valence-corrected chi connectivity index (χ4v) is 5.17. The molecule has 5 atom stereocenters. The first-order valence-electron chi connectivity index (χ1n) is 10.4. The Kier molecular flexibility index (Phi) is 5.84. The summed E-state index contributed by atoms with van der Waals surface area (Å²) in [5.41, 5.74) is 0.459.